The quantitative estimate of drug-likeness (QED) is 0.725. The van der Waals surface area contributed by atoms with Gasteiger partial charge in [0.25, 0.3) is 0 Å². The van der Waals surface area contributed by atoms with Crippen LogP contribution < -0.4 is 10.1 Å². The van der Waals surface area contributed by atoms with E-state index in [2.05, 4.69) is 5.32 Å². The third-order valence-electron chi connectivity index (χ3n) is 2.52. The van der Waals surface area contributed by atoms with Crippen molar-refractivity contribution < 1.29 is 9.84 Å². The second-order valence-electron chi connectivity index (χ2n) is 3.36. The Kier molecular flexibility index (Phi) is 3.36. The number of aryl methyl sites for hydroxylation is 1. The molecule has 0 aliphatic carbocycles. The lowest BCUT2D eigenvalue weighted by atomic mass is 10.0. The van der Waals surface area contributed by atoms with Gasteiger partial charge in [-0.1, -0.05) is 0 Å². The normalized spacial score (nSPS) is 10.1. The van der Waals surface area contributed by atoms with Gasteiger partial charge in [0.1, 0.15) is 12.5 Å². The highest BCUT2D eigenvalue weighted by Crippen LogP contribution is 2.30. The Bertz CT molecular complexity index is 335. The summed E-state index contributed by atoms with van der Waals surface area (Å²) in [6.45, 7) is 5.97. The highest BCUT2D eigenvalue weighted by molar-refractivity contribution is 5.63. The number of aliphatic hydroxyl groups excluding tert-OH is 1. The van der Waals surface area contributed by atoms with Crippen LogP contribution in [0.4, 0.5) is 5.69 Å². The van der Waals surface area contributed by atoms with E-state index in [1.165, 1.54) is 0 Å². The van der Waals surface area contributed by atoms with Gasteiger partial charge in [-0.15, -0.1) is 0 Å². The fourth-order valence-electron chi connectivity index (χ4n) is 1.61. The fourth-order valence-corrected chi connectivity index (χ4v) is 1.61. The molecule has 0 heterocycles. The van der Waals surface area contributed by atoms with Gasteiger partial charge in [0, 0.05) is 5.69 Å². The molecule has 1 aromatic carbocycles. The molecule has 0 fully saturated rings. The minimum atomic E-state index is -0.0482. The number of ether oxygens (including phenoxy) is 1. The molecule has 0 saturated carbocycles. The molecule has 3 heteroatoms. The molecule has 0 unspecified atom stereocenters. The summed E-state index contributed by atoms with van der Waals surface area (Å²) in [5.74, 6) is 0.892. The maximum absolute atomic E-state index is 8.84. The third kappa shape index (κ3) is 1.82. The summed E-state index contributed by atoms with van der Waals surface area (Å²) in [7, 11) is 1.67. The van der Waals surface area contributed by atoms with E-state index in [4.69, 9.17) is 9.84 Å². The standard InChI is InChI=1S/C11H17NO2/c1-7-5-10(14-4)8(2)9(3)11(7)12-6-13/h5,12-13H,6H2,1-4H3. The second-order valence-corrected chi connectivity index (χ2v) is 3.36. The van der Waals surface area contributed by atoms with Crippen LogP contribution in [0.2, 0.25) is 0 Å². The SMILES string of the molecule is COc1cc(C)c(NCO)c(C)c1C. The number of aliphatic hydroxyl groups is 1. The largest absolute Gasteiger partial charge is 0.496 e. The van der Waals surface area contributed by atoms with Crippen molar-refractivity contribution in [2.45, 2.75) is 20.8 Å². The highest BCUT2D eigenvalue weighted by Gasteiger charge is 2.09. The van der Waals surface area contributed by atoms with Crippen LogP contribution >= 0.6 is 0 Å². The number of benzene rings is 1. The maximum atomic E-state index is 8.84. The lowest BCUT2D eigenvalue weighted by Gasteiger charge is -2.16. The first kappa shape index (κ1) is 10.9. The lowest BCUT2D eigenvalue weighted by Crippen LogP contribution is -2.05. The van der Waals surface area contributed by atoms with Gasteiger partial charge in [0.05, 0.1) is 7.11 Å². The van der Waals surface area contributed by atoms with Gasteiger partial charge in [-0.05, 0) is 43.5 Å². The van der Waals surface area contributed by atoms with Crippen LogP contribution in [0.1, 0.15) is 16.7 Å². The van der Waals surface area contributed by atoms with Crippen molar-refractivity contribution in [3.63, 3.8) is 0 Å². The highest BCUT2D eigenvalue weighted by atomic mass is 16.5. The summed E-state index contributed by atoms with van der Waals surface area (Å²) in [6, 6.07) is 1.97. The van der Waals surface area contributed by atoms with E-state index in [1.54, 1.807) is 7.11 Å². The van der Waals surface area contributed by atoms with Crippen LogP contribution in [-0.4, -0.2) is 18.9 Å². The van der Waals surface area contributed by atoms with E-state index in [-0.39, 0.29) is 6.73 Å². The van der Waals surface area contributed by atoms with Gasteiger partial charge >= 0.3 is 0 Å². The molecular weight excluding hydrogens is 178 g/mol. The Morgan fingerprint density at radius 2 is 1.93 bits per heavy atom. The molecule has 0 atom stereocenters. The van der Waals surface area contributed by atoms with Crippen LogP contribution in [0.3, 0.4) is 0 Å². The van der Waals surface area contributed by atoms with Crippen molar-refractivity contribution in [3.8, 4) is 5.75 Å². The predicted octanol–water partition coefficient (Wildman–Crippen LogP) is 1.98. The Labute approximate surface area is 84.7 Å². The Morgan fingerprint density at radius 1 is 1.29 bits per heavy atom. The lowest BCUT2D eigenvalue weighted by molar-refractivity contribution is 0.325. The first-order valence-corrected chi connectivity index (χ1v) is 4.61. The average Bonchev–Trinajstić information content (AvgIpc) is 2.18. The van der Waals surface area contributed by atoms with E-state index < -0.39 is 0 Å². The first-order chi connectivity index (χ1) is 6.61. The molecule has 0 bridgehead atoms. The molecule has 2 N–H and O–H groups in total. The van der Waals surface area contributed by atoms with Crippen LogP contribution in [0.5, 0.6) is 5.75 Å². The summed E-state index contributed by atoms with van der Waals surface area (Å²) in [5, 5.41) is 11.8. The molecule has 0 amide bonds. The number of methoxy groups -OCH3 is 1. The Hall–Kier alpha value is -1.22. The predicted molar refractivity (Wildman–Crippen MR) is 57.9 cm³/mol. The summed E-state index contributed by atoms with van der Waals surface area (Å²) in [4.78, 5) is 0. The molecule has 0 aliphatic heterocycles. The molecule has 78 valence electrons. The zero-order valence-electron chi connectivity index (χ0n) is 9.14. The van der Waals surface area contributed by atoms with Crippen molar-refractivity contribution in [1.82, 2.24) is 0 Å². The molecule has 0 radical (unpaired) electrons. The van der Waals surface area contributed by atoms with Gasteiger partial charge in [0.15, 0.2) is 0 Å². The molecule has 3 nitrogen and oxygen atoms in total. The van der Waals surface area contributed by atoms with Crippen LogP contribution in [0, 0.1) is 20.8 Å². The number of rotatable bonds is 3. The summed E-state index contributed by atoms with van der Waals surface area (Å²) < 4.78 is 5.25. The number of hydrogen-bond donors (Lipinski definition) is 2. The average molecular weight is 195 g/mol. The minimum Gasteiger partial charge on any atom is -0.496 e. The van der Waals surface area contributed by atoms with Crippen molar-refractivity contribution in [2.75, 3.05) is 19.2 Å². The van der Waals surface area contributed by atoms with Gasteiger partial charge in [0.2, 0.25) is 0 Å². The topological polar surface area (TPSA) is 41.5 Å². The number of nitrogens with one attached hydrogen (secondary N) is 1. The van der Waals surface area contributed by atoms with Crippen LogP contribution in [0.25, 0.3) is 0 Å². The summed E-state index contributed by atoms with van der Waals surface area (Å²) in [6.07, 6.45) is 0. The van der Waals surface area contributed by atoms with Gasteiger partial charge in [-0.2, -0.15) is 0 Å². The van der Waals surface area contributed by atoms with Crippen LogP contribution in [-0.2, 0) is 0 Å². The Balaban J connectivity index is 3.26. The molecule has 0 saturated heterocycles. The zero-order valence-corrected chi connectivity index (χ0v) is 9.14. The van der Waals surface area contributed by atoms with Crippen molar-refractivity contribution in [3.05, 3.63) is 22.8 Å². The van der Waals surface area contributed by atoms with E-state index in [1.807, 2.05) is 26.8 Å². The first-order valence-electron chi connectivity index (χ1n) is 4.61. The summed E-state index contributed by atoms with van der Waals surface area (Å²) >= 11 is 0. The molecular formula is C11H17NO2. The second kappa shape index (κ2) is 4.33. The minimum absolute atomic E-state index is 0.0482. The van der Waals surface area contributed by atoms with Gasteiger partial charge in [-0.25, -0.2) is 0 Å². The molecule has 0 aliphatic rings. The molecule has 1 aromatic rings. The maximum Gasteiger partial charge on any atom is 0.122 e. The Morgan fingerprint density at radius 3 is 2.43 bits per heavy atom. The van der Waals surface area contributed by atoms with Crippen molar-refractivity contribution >= 4 is 5.69 Å². The third-order valence-corrected chi connectivity index (χ3v) is 2.52. The zero-order chi connectivity index (χ0) is 10.7. The molecule has 1 rings (SSSR count). The molecule has 0 aromatic heterocycles. The molecule has 0 spiro atoms. The van der Waals surface area contributed by atoms with Crippen molar-refractivity contribution in [1.29, 1.82) is 0 Å². The van der Waals surface area contributed by atoms with E-state index in [0.717, 1.165) is 28.1 Å². The summed E-state index contributed by atoms with van der Waals surface area (Å²) in [5.41, 5.74) is 4.30. The van der Waals surface area contributed by atoms with E-state index >= 15 is 0 Å². The fraction of sp³-hybridized carbons (Fsp3) is 0.455. The number of hydrogen-bond acceptors (Lipinski definition) is 3. The van der Waals surface area contributed by atoms with Gasteiger partial charge < -0.3 is 15.2 Å². The molecule has 14 heavy (non-hydrogen) atoms. The smallest absolute Gasteiger partial charge is 0.122 e. The van der Waals surface area contributed by atoms with Crippen molar-refractivity contribution in [2.24, 2.45) is 0 Å². The number of anilines is 1. The van der Waals surface area contributed by atoms with E-state index in [9.17, 15) is 0 Å². The van der Waals surface area contributed by atoms with Crippen LogP contribution in [0.15, 0.2) is 6.07 Å². The van der Waals surface area contributed by atoms with Gasteiger partial charge in [-0.3, -0.25) is 0 Å². The van der Waals surface area contributed by atoms with E-state index in [0.29, 0.717) is 0 Å². The monoisotopic (exact) mass is 195 g/mol.